The summed E-state index contributed by atoms with van der Waals surface area (Å²) in [6, 6.07) is -0.868. The summed E-state index contributed by atoms with van der Waals surface area (Å²) < 4.78 is 5.99. The monoisotopic (exact) mass is 753 g/mol. The average molecular weight is 753 g/mol. The van der Waals surface area contributed by atoms with Crippen molar-refractivity contribution in [3.63, 3.8) is 0 Å². The highest BCUT2D eigenvalue weighted by molar-refractivity contribution is 5.83. The minimum atomic E-state index is -1.01. The molecule has 0 heterocycles. The molecule has 0 bridgehead atoms. The summed E-state index contributed by atoms with van der Waals surface area (Å²) in [6.07, 6.45) is 52.3. The highest BCUT2D eigenvalue weighted by Crippen LogP contribution is 2.18. The zero-order valence-electron chi connectivity index (χ0n) is 34.5. The number of hydrogen-bond acceptors (Lipinski definition) is 5. The van der Waals surface area contributed by atoms with Gasteiger partial charge in [0.25, 0.3) is 0 Å². The van der Waals surface area contributed by atoms with Crippen molar-refractivity contribution in [2.45, 2.75) is 199 Å². The van der Waals surface area contributed by atoms with E-state index < -0.39 is 12.0 Å². The number of rotatable bonds is 38. The normalized spacial score (nSPS) is 13.4. The number of amides is 1. The Morgan fingerprint density at radius 1 is 0.556 bits per heavy atom. The van der Waals surface area contributed by atoms with Gasteiger partial charge in [-0.1, -0.05) is 138 Å². The van der Waals surface area contributed by atoms with Gasteiger partial charge in [0, 0.05) is 12.8 Å². The molecule has 0 aromatic carbocycles. The number of carboxylic acid groups (broad SMARTS) is 1. The van der Waals surface area contributed by atoms with Gasteiger partial charge in [-0.3, -0.25) is 9.59 Å². The Hall–Kier alpha value is -3.19. The highest BCUT2D eigenvalue weighted by atomic mass is 16.5. The first-order chi connectivity index (χ1) is 26.4. The summed E-state index contributed by atoms with van der Waals surface area (Å²) in [5, 5.41) is 11.9. The maximum absolute atomic E-state index is 12.8. The lowest BCUT2D eigenvalue weighted by molar-refractivity contribution is -0.149. The molecule has 0 aliphatic heterocycles. The first-order valence-corrected chi connectivity index (χ1v) is 21.8. The van der Waals surface area contributed by atoms with Crippen molar-refractivity contribution < 1.29 is 24.2 Å². The van der Waals surface area contributed by atoms with Gasteiger partial charge in [-0.25, -0.2) is 4.79 Å². The molecule has 0 spiro atoms. The topological polar surface area (TPSA) is 119 Å². The van der Waals surface area contributed by atoms with E-state index in [1.165, 1.54) is 38.5 Å². The molecule has 0 aliphatic carbocycles. The summed E-state index contributed by atoms with van der Waals surface area (Å²) in [7, 11) is 0. The van der Waals surface area contributed by atoms with Gasteiger partial charge in [-0.15, -0.1) is 0 Å². The van der Waals surface area contributed by atoms with Crippen molar-refractivity contribution in [2.24, 2.45) is 5.73 Å². The van der Waals surface area contributed by atoms with Crippen molar-refractivity contribution in [1.82, 2.24) is 5.32 Å². The molecule has 1 amide bonds. The number of allylic oxidation sites excluding steroid dienone is 12. The summed E-state index contributed by atoms with van der Waals surface area (Å²) >= 11 is 0. The molecule has 308 valence electrons. The number of carbonyl (C=O) groups is 3. The highest BCUT2D eigenvalue weighted by Gasteiger charge is 2.19. The molecule has 0 rings (SSSR count). The fourth-order valence-electron chi connectivity index (χ4n) is 6.02. The van der Waals surface area contributed by atoms with E-state index >= 15 is 0 Å². The molecule has 0 radical (unpaired) electrons. The van der Waals surface area contributed by atoms with Crippen molar-refractivity contribution in [2.75, 3.05) is 6.54 Å². The van der Waals surface area contributed by atoms with Gasteiger partial charge >= 0.3 is 11.9 Å². The summed E-state index contributed by atoms with van der Waals surface area (Å²) in [5.74, 6) is -1.34. The number of unbranched alkanes of at least 4 members (excludes halogenated alkanes) is 12. The number of ether oxygens (including phenoxy) is 1. The van der Waals surface area contributed by atoms with Gasteiger partial charge in [-0.2, -0.15) is 0 Å². The van der Waals surface area contributed by atoms with Crippen LogP contribution in [0.1, 0.15) is 187 Å². The van der Waals surface area contributed by atoms with Crippen LogP contribution in [-0.4, -0.2) is 41.6 Å². The number of aliphatic carboxylic acids is 1. The Labute approximate surface area is 331 Å². The van der Waals surface area contributed by atoms with E-state index in [0.717, 1.165) is 103 Å². The van der Waals surface area contributed by atoms with Crippen molar-refractivity contribution in [3.8, 4) is 0 Å². The van der Waals surface area contributed by atoms with Crippen LogP contribution in [0.2, 0.25) is 0 Å². The maximum Gasteiger partial charge on any atom is 0.326 e. The lowest BCUT2D eigenvalue weighted by Crippen LogP contribution is -2.40. The van der Waals surface area contributed by atoms with E-state index in [4.69, 9.17) is 10.5 Å². The van der Waals surface area contributed by atoms with Crippen LogP contribution in [0.15, 0.2) is 72.9 Å². The number of hydrogen-bond donors (Lipinski definition) is 3. The van der Waals surface area contributed by atoms with Crippen LogP contribution in [0, 0.1) is 0 Å². The van der Waals surface area contributed by atoms with E-state index in [-0.39, 0.29) is 18.0 Å². The standard InChI is InChI=1S/C47H80N2O5/c1-3-5-7-9-11-13-15-17-18-20-21-23-25-28-32-37-43(38-33-29-27-30-34-40-45(50)49-44(47(52)53)39-36-42-48)54-46(51)41-35-31-26-24-22-19-16-14-12-10-8-6-4-2/h6,8,12,14-15,17,19-22,26,31,43-44H,3-5,7,9-11,13,16,18,23-25,27-30,32-42,48H2,1-2H3,(H,49,50)(H,52,53)/b8-6-,14-12-,17-15-,21-20-,22-19-,31-26-. The average Bonchev–Trinajstić information content (AvgIpc) is 3.16. The van der Waals surface area contributed by atoms with Crippen molar-refractivity contribution in [3.05, 3.63) is 72.9 Å². The molecule has 0 saturated carbocycles. The van der Waals surface area contributed by atoms with Gasteiger partial charge in [0.15, 0.2) is 0 Å². The quantitative estimate of drug-likeness (QED) is 0.0328. The number of carbonyl (C=O) groups excluding carboxylic acids is 2. The third-order valence-electron chi connectivity index (χ3n) is 9.27. The third-order valence-corrected chi connectivity index (χ3v) is 9.27. The molecule has 0 aromatic rings. The lowest BCUT2D eigenvalue weighted by Gasteiger charge is -2.18. The molecule has 7 nitrogen and oxygen atoms in total. The molecule has 7 heteroatoms. The maximum atomic E-state index is 12.8. The Morgan fingerprint density at radius 2 is 1.04 bits per heavy atom. The molecule has 0 fully saturated rings. The van der Waals surface area contributed by atoms with Gasteiger partial charge in [0.05, 0.1) is 0 Å². The molecular formula is C47H80N2O5. The van der Waals surface area contributed by atoms with Crippen LogP contribution in [0.4, 0.5) is 0 Å². The van der Waals surface area contributed by atoms with E-state index in [1.54, 1.807) is 0 Å². The minimum absolute atomic E-state index is 0.0511. The number of nitrogens with two attached hydrogens (primary N) is 1. The predicted octanol–water partition coefficient (Wildman–Crippen LogP) is 12.3. The predicted molar refractivity (Wildman–Crippen MR) is 229 cm³/mol. The van der Waals surface area contributed by atoms with E-state index in [2.05, 4.69) is 92.1 Å². The molecule has 54 heavy (non-hydrogen) atoms. The molecule has 0 saturated heterocycles. The first kappa shape index (κ1) is 50.8. The number of nitrogens with one attached hydrogen (secondary N) is 1. The van der Waals surface area contributed by atoms with Crippen LogP contribution in [0.5, 0.6) is 0 Å². The number of carboxylic acids is 1. The van der Waals surface area contributed by atoms with E-state index in [9.17, 15) is 19.5 Å². The van der Waals surface area contributed by atoms with E-state index in [1.807, 2.05) is 0 Å². The van der Waals surface area contributed by atoms with Crippen LogP contribution >= 0.6 is 0 Å². The molecule has 4 N–H and O–H groups in total. The van der Waals surface area contributed by atoms with Crippen molar-refractivity contribution in [1.29, 1.82) is 0 Å². The zero-order valence-corrected chi connectivity index (χ0v) is 34.5. The summed E-state index contributed by atoms with van der Waals surface area (Å²) in [6.45, 7) is 4.80. The SMILES string of the molecule is CC/C=C\C/C=C\C/C=C\C/C=C\CCC(=O)OC(CCCCC/C=C\C/C=C\CCCCCCC)CCCCCCCC(=O)NC(CCCN)C(=O)O. The smallest absolute Gasteiger partial charge is 0.326 e. The first-order valence-electron chi connectivity index (χ1n) is 21.8. The Bertz CT molecular complexity index is 1070. The van der Waals surface area contributed by atoms with Crippen molar-refractivity contribution >= 4 is 17.8 Å². The Balaban J connectivity index is 4.52. The fourth-order valence-corrected chi connectivity index (χ4v) is 6.02. The summed E-state index contributed by atoms with van der Waals surface area (Å²) in [4.78, 5) is 36.3. The van der Waals surface area contributed by atoms with Gasteiger partial charge in [-0.05, 0) is 116 Å². The Kier molecular flexibility index (Phi) is 38.6. The minimum Gasteiger partial charge on any atom is -0.480 e. The van der Waals surface area contributed by atoms with Crippen LogP contribution in [0.3, 0.4) is 0 Å². The second-order valence-electron chi connectivity index (χ2n) is 14.4. The third kappa shape index (κ3) is 37.1. The lowest BCUT2D eigenvalue weighted by atomic mass is 10.0. The largest absolute Gasteiger partial charge is 0.480 e. The Morgan fingerprint density at radius 3 is 1.59 bits per heavy atom. The molecule has 0 aromatic heterocycles. The van der Waals surface area contributed by atoms with Crippen LogP contribution in [0.25, 0.3) is 0 Å². The van der Waals surface area contributed by atoms with Crippen LogP contribution < -0.4 is 11.1 Å². The second-order valence-corrected chi connectivity index (χ2v) is 14.4. The molecule has 0 aliphatic rings. The van der Waals surface area contributed by atoms with Crippen LogP contribution in [-0.2, 0) is 19.1 Å². The number of esters is 1. The molecule has 2 atom stereocenters. The van der Waals surface area contributed by atoms with Gasteiger partial charge in [0.2, 0.25) is 5.91 Å². The fraction of sp³-hybridized carbons (Fsp3) is 0.681. The van der Waals surface area contributed by atoms with E-state index in [0.29, 0.717) is 38.6 Å². The summed E-state index contributed by atoms with van der Waals surface area (Å²) in [5.41, 5.74) is 5.48. The van der Waals surface area contributed by atoms with Gasteiger partial charge in [0.1, 0.15) is 12.1 Å². The molecular weight excluding hydrogens is 673 g/mol. The van der Waals surface area contributed by atoms with Gasteiger partial charge < -0.3 is 20.9 Å². The second kappa shape index (κ2) is 41.0. The molecule has 2 unspecified atom stereocenters. The zero-order chi connectivity index (χ0) is 39.6.